The quantitative estimate of drug-likeness (QED) is 0.0622. The molecule has 8 aromatic rings. The van der Waals surface area contributed by atoms with Crippen LogP contribution in [0.5, 0.6) is 34.5 Å². The second-order valence-corrected chi connectivity index (χ2v) is 16.5. The van der Waals surface area contributed by atoms with Crippen molar-refractivity contribution in [2.24, 2.45) is 0 Å². The maximum Gasteiger partial charge on any atom is 0.573 e. The number of pyridine rings is 2. The lowest BCUT2D eigenvalue weighted by atomic mass is 10.0. The zero-order valence-corrected chi connectivity index (χ0v) is 40.0. The minimum Gasteiger partial charge on any atom is -0.478 e. The molecule has 4 aromatic carbocycles. The molecule has 26 heteroatoms. The highest BCUT2D eigenvalue weighted by molar-refractivity contribution is 5.92. The van der Waals surface area contributed by atoms with Crippen LogP contribution >= 0.6 is 0 Å². The van der Waals surface area contributed by atoms with E-state index in [1.807, 2.05) is 0 Å². The van der Waals surface area contributed by atoms with Crippen molar-refractivity contribution in [3.8, 4) is 57.0 Å². The second-order valence-electron chi connectivity index (χ2n) is 16.5. The first-order chi connectivity index (χ1) is 36.1. The lowest BCUT2D eigenvalue weighted by molar-refractivity contribution is -0.275. The molecule has 0 unspecified atom stereocenters. The molecule has 0 aliphatic rings. The van der Waals surface area contributed by atoms with Crippen LogP contribution in [0.4, 0.5) is 64.1 Å². The minimum absolute atomic E-state index is 0.110. The Kier molecular flexibility index (Phi) is 16.4. The Hall–Kier alpha value is -8.84. The first kappa shape index (κ1) is 55.9. The molecule has 0 radical (unpaired) electrons. The number of esters is 1. The fraction of sp³-hybridized carbons (Fsp3) is 0.216. The first-order valence-corrected chi connectivity index (χ1v) is 22.4. The molecular weight excluding hydrogens is 1050 g/mol. The SMILES string of the molecule is COC(=O)c1ccc(-c2cnc3c(NCCC(F)(F)F)cc(Oc4ccc(OC(F)(F)F)cc4)cn23)cc1C.Cc1cc(-c2cnc3c(NCCC(F)(F)F)cc(Oc4ccc(OC(F)(F)F)cc4)cn23)ccc1C(=O)O. The molecule has 0 bridgehead atoms. The van der Waals surface area contributed by atoms with E-state index < -0.39 is 74.4 Å². The number of aryl methyl sites for hydroxylation is 2. The van der Waals surface area contributed by atoms with E-state index in [4.69, 9.17) is 14.2 Å². The zero-order valence-electron chi connectivity index (χ0n) is 40.0. The number of hydrogen-bond acceptors (Lipinski definition) is 11. The molecule has 0 spiro atoms. The van der Waals surface area contributed by atoms with Gasteiger partial charge >= 0.3 is 37.0 Å². The number of anilines is 2. The van der Waals surface area contributed by atoms with E-state index in [-0.39, 0.29) is 45.6 Å². The molecular formula is C51H40F12N6O8. The summed E-state index contributed by atoms with van der Waals surface area (Å²) in [4.78, 5) is 32.0. The standard InChI is InChI=1S/C26H21F6N3O4.C25H19F6N3O4/c1-15-11-16(3-8-20(15)24(36)37-2)22-13-34-23-21(33-10-9-25(27,28)29)12-19(14-35(22)23)38-17-4-6-18(7-5-17)39-26(30,31)32;1-14-10-15(2-7-19(14)23(35)36)21-12-33-22-20(32-9-8-24(26,27)28)11-18(13-34(21)22)37-16-3-5-17(6-4-16)38-25(29,30)31/h3-8,11-14,33H,9-10H2,1-2H3;2-7,10-13,32H,8-9H2,1H3,(H,35,36). The van der Waals surface area contributed by atoms with Crippen molar-refractivity contribution in [3.05, 3.63) is 144 Å². The number of alkyl halides is 12. The highest BCUT2D eigenvalue weighted by Crippen LogP contribution is 2.36. The van der Waals surface area contributed by atoms with Crippen LogP contribution in [0.25, 0.3) is 33.8 Å². The molecule has 0 saturated carbocycles. The summed E-state index contributed by atoms with van der Waals surface area (Å²) in [6, 6.07) is 21.7. The summed E-state index contributed by atoms with van der Waals surface area (Å²) in [5, 5.41) is 14.7. The van der Waals surface area contributed by atoms with Gasteiger partial charge in [0.2, 0.25) is 0 Å². The smallest absolute Gasteiger partial charge is 0.478 e. The number of aromatic nitrogens is 4. The maximum absolute atomic E-state index is 12.8. The maximum atomic E-state index is 12.8. The highest BCUT2D eigenvalue weighted by Gasteiger charge is 2.32. The number of halogens is 12. The van der Waals surface area contributed by atoms with E-state index >= 15 is 0 Å². The number of carboxylic acid groups (broad SMARTS) is 1. The lowest BCUT2D eigenvalue weighted by Crippen LogP contribution is -2.16. The summed E-state index contributed by atoms with van der Waals surface area (Å²) in [5.41, 5.74) is 4.93. The van der Waals surface area contributed by atoms with E-state index in [1.165, 1.54) is 74.4 Å². The summed E-state index contributed by atoms with van der Waals surface area (Å²) >= 11 is 0. The van der Waals surface area contributed by atoms with Gasteiger partial charge in [0.15, 0.2) is 11.3 Å². The predicted octanol–water partition coefficient (Wildman–Crippen LogP) is 14.2. The molecule has 0 aliphatic carbocycles. The van der Waals surface area contributed by atoms with Gasteiger partial charge in [-0.1, -0.05) is 12.1 Å². The van der Waals surface area contributed by atoms with Crippen molar-refractivity contribution in [1.29, 1.82) is 0 Å². The number of fused-ring (bicyclic) bond motifs is 2. The number of hydrogen-bond donors (Lipinski definition) is 3. The van der Waals surface area contributed by atoms with Crippen molar-refractivity contribution < 1.29 is 91.1 Å². The molecule has 0 amide bonds. The average molecular weight is 1090 g/mol. The highest BCUT2D eigenvalue weighted by atomic mass is 19.4. The third kappa shape index (κ3) is 15.2. The van der Waals surface area contributed by atoms with Gasteiger partial charge in [0.1, 0.15) is 34.5 Å². The monoisotopic (exact) mass is 1090 g/mol. The molecule has 0 saturated heterocycles. The Bertz CT molecular complexity index is 3390. The van der Waals surface area contributed by atoms with E-state index in [9.17, 15) is 67.4 Å². The van der Waals surface area contributed by atoms with Gasteiger partial charge in [-0.2, -0.15) is 26.3 Å². The molecule has 77 heavy (non-hydrogen) atoms. The number of benzene rings is 4. The molecule has 0 aliphatic heterocycles. The minimum atomic E-state index is -4.86. The Morgan fingerprint density at radius 3 is 1.25 bits per heavy atom. The molecule has 3 N–H and O–H groups in total. The average Bonchev–Trinajstić information content (AvgIpc) is 3.97. The number of carbonyl (C=O) groups is 2. The van der Waals surface area contributed by atoms with E-state index in [2.05, 4.69) is 30.1 Å². The number of nitrogens with one attached hydrogen (secondary N) is 2. The number of aromatic carboxylic acids is 1. The van der Waals surface area contributed by atoms with Gasteiger partial charge in [0.05, 0.1) is 78.6 Å². The Morgan fingerprint density at radius 2 is 0.909 bits per heavy atom. The normalized spacial score (nSPS) is 11.9. The first-order valence-electron chi connectivity index (χ1n) is 22.4. The number of methoxy groups -OCH3 is 1. The summed E-state index contributed by atoms with van der Waals surface area (Å²) in [7, 11) is 1.27. The van der Waals surface area contributed by atoms with Gasteiger partial charge in [-0.3, -0.25) is 8.80 Å². The number of carboxylic acids is 1. The predicted molar refractivity (Wildman–Crippen MR) is 254 cm³/mol. The fourth-order valence-electron chi connectivity index (χ4n) is 7.52. The third-order valence-corrected chi connectivity index (χ3v) is 10.9. The van der Waals surface area contributed by atoms with Crippen molar-refractivity contribution in [3.63, 3.8) is 0 Å². The summed E-state index contributed by atoms with van der Waals surface area (Å²) < 4.78 is 178. The molecule has 14 nitrogen and oxygen atoms in total. The largest absolute Gasteiger partial charge is 0.573 e. The van der Waals surface area contributed by atoms with Crippen LogP contribution in [0, 0.1) is 13.8 Å². The van der Waals surface area contributed by atoms with Crippen LogP contribution in [-0.2, 0) is 4.74 Å². The fourth-order valence-corrected chi connectivity index (χ4v) is 7.52. The van der Waals surface area contributed by atoms with Gasteiger partial charge in [-0.05, 0) is 97.8 Å². The van der Waals surface area contributed by atoms with Crippen LogP contribution in [0.3, 0.4) is 0 Å². The number of rotatable bonds is 16. The molecule has 0 atom stereocenters. The lowest BCUT2D eigenvalue weighted by Gasteiger charge is -2.14. The van der Waals surface area contributed by atoms with Crippen LogP contribution < -0.4 is 29.6 Å². The van der Waals surface area contributed by atoms with E-state index in [0.717, 1.165) is 24.3 Å². The summed E-state index contributed by atoms with van der Waals surface area (Å²) in [6.07, 6.45) is -14.6. The van der Waals surface area contributed by atoms with Crippen LogP contribution in [0.2, 0.25) is 0 Å². The summed E-state index contributed by atoms with van der Waals surface area (Å²) in [5.74, 6) is -1.87. The van der Waals surface area contributed by atoms with Crippen molar-refractivity contribution >= 4 is 34.6 Å². The van der Waals surface area contributed by atoms with Gasteiger partial charge in [-0.25, -0.2) is 19.6 Å². The van der Waals surface area contributed by atoms with Crippen LogP contribution in [0.15, 0.2) is 122 Å². The van der Waals surface area contributed by atoms with Gasteiger partial charge < -0.3 is 39.4 Å². The Labute approximate surface area is 427 Å². The third-order valence-electron chi connectivity index (χ3n) is 10.9. The molecule has 4 aromatic heterocycles. The molecule has 8 rings (SSSR count). The molecule has 406 valence electrons. The number of nitrogens with zero attached hydrogens (tertiary/aromatic N) is 4. The van der Waals surface area contributed by atoms with E-state index in [0.29, 0.717) is 44.9 Å². The Morgan fingerprint density at radius 1 is 0.532 bits per heavy atom. The number of imidazole rings is 2. The van der Waals surface area contributed by atoms with Crippen LogP contribution in [0.1, 0.15) is 44.7 Å². The van der Waals surface area contributed by atoms with Crippen molar-refractivity contribution in [1.82, 2.24) is 18.8 Å². The number of carbonyl (C=O) groups excluding carboxylic acids is 1. The topological polar surface area (TPSA) is 159 Å². The van der Waals surface area contributed by atoms with E-state index in [1.54, 1.807) is 53.0 Å². The zero-order chi connectivity index (χ0) is 56.0. The number of ether oxygens (including phenoxy) is 5. The molecule has 4 heterocycles. The Balaban J connectivity index is 0.000000224. The summed E-state index contributed by atoms with van der Waals surface area (Å²) in [6.45, 7) is 2.48. The second kappa shape index (κ2) is 22.6. The van der Waals surface area contributed by atoms with Gasteiger partial charge in [0.25, 0.3) is 0 Å². The molecule has 0 fully saturated rings. The van der Waals surface area contributed by atoms with Crippen molar-refractivity contribution in [2.75, 3.05) is 30.8 Å². The van der Waals surface area contributed by atoms with Gasteiger partial charge in [-0.15, -0.1) is 26.3 Å². The van der Waals surface area contributed by atoms with Crippen molar-refractivity contribution in [2.45, 2.75) is 51.8 Å². The van der Waals surface area contributed by atoms with Gasteiger partial charge in [0, 0.05) is 36.3 Å². The van der Waals surface area contributed by atoms with Crippen LogP contribution in [-0.4, -0.2) is 81.1 Å².